The standard InChI is InChI=1S/C25H36N2OS/c1-5-28-18-25(12-11-22-15-20-7-6-8-23(20)29-22)13-14-27(17-25)24(3,4)21-10-9-19(2)26-16-21/h9-10,15-16H,5-8,11-14,17-18H2,1-4H3/t25-/m0/s1. The van der Waals surface area contributed by atoms with Crippen LogP contribution in [0.25, 0.3) is 0 Å². The lowest BCUT2D eigenvalue weighted by Gasteiger charge is -2.38. The minimum absolute atomic E-state index is 0.00122. The molecular formula is C25H36N2OS. The summed E-state index contributed by atoms with van der Waals surface area (Å²) in [7, 11) is 0. The molecular weight excluding hydrogens is 376 g/mol. The van der Waals surface area contributed by atoms with E-state index in [9.17, 15) is 0 Å². The van der Waals surface area contributed by atoms with Crippen LogP contribution in [0.1, 0.15) is 66.6 Å². The molecule has 0 aromatic carbocycles. The first-order valence-corrected chi connectivity index (χ1v) is 12.1. The summed E-state index contributed by atoms with van der Waals surface area (Å²) in [4.78, 5) is 10.5. The minimum atomic E-state index is -0.00122. The van der Waals surface area contributed by atoms with Gasteiger partial charge in [0.2, 0.25) is 0 Å². The van der Waals surface area contributed by atoms with Crippen LogP contribution >= 0.6 is 11.3 Å². The molecule has 158 valence electrons. The summed E-state index contributed by atoms with van der Waals surface area (Å²) in [6, 6.07) is 6.88. The normalized spacial score (nSPS) is 22.3. The fourth-order valence-corrected chi connectivity index (χ4v) is 6.30. The third-order valence-corrected chi connectivity index (χ3v) is 8.46. The number of nitrogens with zero attached hydrogens (tertiary/aromatic N) is 2. The second kappa shape index (κ2) is 8.49. The van der Waals surface area contributed by atoms with Crippen molar-refractivity contribution in [3.63, 3.8) is 0 Å². The summed E-state index contributed by atoms with van der Waals surface area (Å²) in [5, 5.41) is 0. The van der Waals surface area contributed by atoms with Gasteiger partial charge in [0.25, 0.3) is 0 Å². The zero-order valence-electron chi connectivity index (χ0n) is 18.6. The Kier molecular flexibility index (Phi) is 6.15. The molecule has 1 saturated heterocycles. The Hall–Kier alpha value is -1.23. The monoisotopic (exact) mass is 412 g/mol. The zero-order valence-corrected chi connectivity index (χ0v) is 19.4. The van der Waals surface area contributed by atoms with Crippen molar-refractivity contribution >= 4 is 11.3 Å². The smallest absolute Gasteiger partial charge is 0.0535 e. The van der Waals surface area contributed by atoms with Gasteiger partial charge in [0.05, 0.1) is 6.61 Å². The lowest BCUT2D eigenvalue weighted by molar-refractivity contribution is 0.0386. The Balaban J connectivity index is 1.47. The lowest BCUT2D eigenvalue weighted by atomic mass is 9.82. The van der Waals surface area contributed by atoms with Crippen LogP contribution in [0.15, 0.2) is 24.4 Å². The molecule has 0 radical (unpaired) electrons. The fourth-order valence-electron chi connectivity index (χ4n) is 5.04. The van der Waals surface area contributed by atoms with Gasteiger partial charge in [0.15, 0.2) is 0 Å². The number of aryl methyl sites for hydroxylation is 4. The first kappa shape index (κ1) is 21.0. The van der Waals surface area contributed by atoms with E-state index in [0.717, 1.165) is 32.0 Å². The van der Waals surface area contributed by atoms with Crippen molar-refractivity contribution in [1.82, 2.24) is 9.88 Å². The molecule has 3 nitrogen and oxygen atoms in total. The van der Waals surface area contributed by atoms with Crippen LogP contribution in [0.4, 0.5) is 0 Å². The molecule has 0 saturated carbocycles. The summed E-state index contributed by atoms with van der Waals surface area (Å²) >= 11 is 2.07. The van der Waals surface area contributed by atoms with Crippen LogP contribution in [0, 0.1) is 12.3 Å². The van der Waals surface area contributed by atoms with Gasteiger partial charge in [0, 0.05) is 45.8 Å². The summed E-state index contributed by atoms with van der Waals surface area (Å²) in [5.41, 5.74) is 4.29. The third-order valence-electron chi connectivity index (χ3n) is 7.16. The van der Waals surface area contributed by atoms with Gasteiger partial charge in [-0.3, -0.25) is 9.88 Å². The summed E-state index contributed by atoms with van der Waals surface area (Å²) < 4.78 is 6.02. The molecule has 4 heteroatoms. The molecule has 4 rings (SSSR count). The van der Waals surface area contributed by atoms with Crippen molar-refractivity contribution in [1.29, 1.82) is 0 Å². The maximum Gasteiger partial charge on any atom is 0.0535 e. The Morgan fingerprint density at radius 1 is 1.28 bits per heavy atom. The van der Waals surface area contributed by atoms with Crippen LogP contribution in [-0.4, -0.2) is 36.2 Å². The molecule has 0 N–H and O–H groups in total. The molecule has 29 heavy (non-hydrogen) atoms. The number of likely N-dealkylation sites (tertiary alicyclic amines) is 1. The van der Waals surface area contributed by atoms with E-state index in [0.29, 0.717) is 0 Å². The molecule has 1 aliphatic heterocycles. The van der Waals surface area contributed by atoms with Crippen molar-refractivity contribution in [3.8, 4) is 0 Å². The number of rotatable bonds is 8. The molecule has 1 aliphatic carbocycles. The Bertz CT molecular complexity index is 804. The number of hydrogen-bond donors (Lipinski definition) is 0. The lowest BCUT2D eigenvalue weighted by Crippen LogP contribution is -2.42. The molecule has 2 aromatic rings. The molecule has 3 heterocycles. The number of fused-ring (bicyclic) bond motifs is 1. The van der Waals surface area contributed by atoms with E-state index in [2.05, 4.69) is 73.3 Å². The van der Waals surface area contributed by atoms with Gasteiger partial charge in [-0.25, -0.2) is 0 Å². The van der Waals surface area contributed by atoms with Gasteiger partial charge in [0.1, 0.15) is 0 Å². The molecule has 0 bridgehead atoms. The summed E-state index contributed by atoms with van der Waals surface area (Å²) in [5.74, 6) is 0. The van der Waals surface area contributed by atoms with Crippen LogP contribution in [0.5, 0.6) is 0 Å². The van der Waals surface area contributed by atoms with Gasteiger partial charge in [-0.15, -0.1) is 11.3 Å². The van der Waals surface area contributed by atoms with Gasteiger partial charge in [-0.1, -0.05) is 6.07 Å². The Labute approximate surface area is 180 Å². The highest BCUT2D eigenvalue weighted by molar-refractivity contribution is 7.12. The number of ether oxygens (including phenoxy) is 1. The van der Waals surface area contributed by atoms with E-state index in [1.165, 1.54) is 44.1 Å². The average molecular weight is 413 g/mol. The Morgan fingerprint density at radius 2 is 2.14 bits per heavy atom. The first-order chi connectivity index (χ1) is 13.9. The summed E-state index contributed by atoms with van der Waals surface area (Å²) in [6.45, 7) is 12.8. The number of aromatic nitrogens is 1. The molecule has 0 amide bonds. The van der Waals surface area contributed by atoms with Crippen LogP contribution < -0.4 is 0 Å². The average Bonchev–Trinajstić information content (AvgIpc) is 3.40. The highest BCUT2D eigenvalue weighted by atomic mass is 32.1. The molecule has 1 atom stereocenters. The predicted molar refractivity (Wildman–Crippen MR) is 122 cm³/mol. The topological polar surface area (TPSA) is 25.4 Å². The zero-order chi connectivity index (χ0) is 20.5. The van der Waals surface area contributed by atoms with Crippen LogP contribution in [-0.2, 0) is 29.5 Å². The van der Waals surface area contributed by atoms with E-state index in [1.54, 1.807) is 15.3 Å². The van der Waals surface area contributed by atoms with E-state index in [4.69, 9.17) is 4.74 Å². The SMILES string of the molecule is CCOC[C@@]1(CCc2cc3c(s2)CCC3)CCN(C(C)(C)c2ccc(C)nc2)C1. The van der Waals surface area contributed by atoms with Crippen molar-refractivity contribution in [2.75, 3.05) is 26.3 Å². The molecule has 2 aromatic heterocycles. The second-order valence-corrected chi connectivity index (χ2v) is 10.8. The van der Waals surface area contributed by atoms with Crippen molar-refractivity contribution in [2.24, 2.45) is 5.41 Å². The molecule has 1 fully saturated rings. The highest BCUT2D eigenvalue weighted by Gasteiger charge is 2.43. The largest absolute Gasteiger partial charge is 0.381 e. The molecule has 0 spiro atoms. The Morgan fingerprint density at radius 3 is 2.86 bits per heavy atom. The van der Waals surface area contributed by atoms with E-state index >= 15 is 0 Å². The second-order valence-electron chi connectivity index (χ2n) is 9.57. The van der Waals surface area contributed by atoms with Gasteiger partial charge in [-0.2, -0.15) is 0 Å². The predicted octanol–water partition coefficient (Wildman–Crippen LogP) is 5.54. The van der Waals surface area contributed by atoms with E-state index in [1.807, 2.05) is 0 Å². The van der Waals surface area contributed by atoms with E-state index < -0.39 is 0 Å². The summed E-state index contributed by atoms with van der Waals surface area (Å²) in [6.07, 6.45) is 9.66. The van der Waals surface area contributed by atoms with Crippen LogP contribution in [0.3, 0.4) is 0 Å². The van der Waals surface area contributed by atoms with Gasteiger partial charge < -0.3 is 4.74 Å². The van der Waals surface area contributed by atoms with Crippen molar-refractivity contribution in [3.05, 3.63) is 51.0 Å². The highest BCUT2D eigenvalue weighted by Crippen LogP contribution is 2.42. The molecule has 2 aliphatic rings. The van der Waals surface area contributed by atoms with E-state index in [-0.39, 0.29) is 11.0 Å². The first-order valence-electron chi connectivity index (χ1n) is 11.3. The molecule has 0 unspecified atom stereocenters. The number of pyridine rings is 1. The van der Waals surface area contributed by atoms with Crippen molar-refractivity contribution in [2.45, 2.75) is 71.8 Å². The minimum Gasteiger partial charge on any atom is -0.381 e. The van der Waals surface area contributed by atoms with Gasteiger partial charge in [-0.05, 0) is 96.0 Å². The quantitative estimate of drug-likeness (QED) is 0.569. The third kappa shape index (κ3) is 4.45. The number of hydrogen-bond acceptors (Lipinski definition) is 4. The maximum atomic E-state index is 6.02. The number of thiophene rings is 1. The van der Waals surface area contributed by atoms with Crippen LogP contribution in [0.2, 0.25) is 0 Å². The van der Waals surface area contributed by atoms with Gasteiger partial charge >= 0.3 is 0 Å². The maximum absolute atomic E-state index is 6.02. The van der Waals surface area contributed by atoms with Crippen molar-refractivity contribution < 1.29 is 4.74 Å². The fraction of sp³-hybridized carbons (Fsp3) is 0.640.